The highest BCUT2D eigenvalue weighted by molar-refractivity contribution is 5.56. The van der Waals surface area contributed by atoms with Gasteiger partial charge in [-0.05, 0) is 18.1 Å². The van der Waals surface area contributed by atoms with Crippen LogP contribution in [0.1, 0.15) is 11.1 Å². The van der Waals surface area contributed by atoms with E-state index in [1.165, 1.54) is 5.56 Å². The number of aromatic hydroxyl groups is 1. The Morgan fingerprint density at radius 3 is 2.31 bits per heavy atom. The first-order chi connectivity index (χ1) is 7.86. The van der Waals surface area contributed by atoms with Crippen LogP contribution in [0.3, 0.4) is 0 Å². The van der Waals surface area contributed by atoms with Crippen LogP contribution in [0.2, 0.25) is 0 Å². The monoisotopic (exact) mass is 210 g/mol. The molecule has 0 saturated carbocycles. The van der Waals surface area contributed by atoms with E-state index in [0.29, 0.717) is 5.75 Å². The molecule has 2 aromatic rings. The highest BCUT2D eigenvalue weighted by Gasteiger charge is 1.93. The summed E-state index contributed by atoms with van der Waals surface area (Å²) in [5, 5.41) is 9.56. The lowest BCUT2D eigenvalue weighted by atomic mass is 10.1. The number of benzene rings is 2. The average molecular weight is 210 g/mol. The van der Waals surface area contributed by atoms with Crippen LogP contribution in [-0.4, -0.2) is 5.11 Å². The predicted octanol–water partition coefficient (Wildman–Crippen LogP) is 3.65. The van der Waals surface area contributed by atoms with Crippen LogP contribution in [0.4, 0.5) is 0 Å². The lowest BCUT2D eigenvalue weighted by Gasteiger charge is -1.97. The van der Waals surface area contributed by atoms with Crippen molar-refractivity contribution >= 4 is 6.08 Å². The van der Waals surface area contributed by atoms with Gasteiger partial charge >= 0.3 is 0 Å². The Morgan fingerprint density at radius 1 is 0.875 bits per heavy atom. The molecule has 0 saturated heterocycles. The second-order valence-electron chi connectivity index (χ2n) is 3.65. The van der Waals surface area contributed by atoms with Gasteiger partial charge in [-0.2, -0.15) is 0 Å². The molecule has 0 bridgehead atoms. The molecule has 1 nitrogen and oxygen atoms in total. The van der Waals surface area contributed by atoms with Gasteiger partial charge in [0.05, 0.1) is 0 Å². The molecule has 0 atom stereocenters. The summed E-state index contributed by atoms with van der Waals surface area (Å²) in [5.41, 5.74) is 2.13. The van der Waals surface area contributed by atoms with E-state index in [9.17, 15) is 5.11 Å². The van der Waals surface area contributed by atoms with Gasteiger partial charge in [0.15, 0.2) is 0 Å². The Labute approximate surface area is 95.7 Å². The largest absolute Gasteiger partial charge is 0.507 e. The van der Waals surface area contributed by atoms with Crippen molar-refractivity contribution in [3.8, 4) is 5.75 Å². The van der Waals surface area contributed by atoms with Gasteiger partial charge in [0.2, 0.25) is 0 Å². The fraction of sp³-hybridized carbons (Fsp3) is 0.0667. The zero-order valence-corrected chi connectivity index (χ0v) is 9.01. The maximum absolute atomic E-state index is 9.56. The summed E-state index contributed by atoms with van der Waals surface area (Å²) in [6, 6.07) is 17.6. The summed E-state index contributed by atoms with van der Waals surface area (Å²) in [6.07, 6.45) is 4.89. The van der Waals surface area contributed by atoms with Gasteiger partial charge in [-0.1, -0.05) is 60.7 Å². The first-order valence-electron chi connectivity index (χ1n) is 5.35. The molecule has 0 fully saturated rings. The normalized spacial score (nSPS) is 10.8. The third-order valence-electron chi connectivity index (χ3n) is 2.43. The van der Waals surface area contributed by atoms with Crippen LogP contribution < -0.4 is 0 Å². The molecule has 2 aromatic carbocycles. The summed E-state index contributed by atoms with van der Waals surface area (Å²) in [5.74, 6) is 0.326. The van der Waals surface area contributed by atoms with Crippen molar-refractivity contribution < 1.29 is 5.11 Å². The molecule has 0 heterocycles. The van der Waals surface area contributed by atoms with Crippen molar-refractivity contribution in [1.29, 1.82) is 0 Å². The molecule has 80 valence electrons. The van der Waals surface area contributed by atoms with Gasteiger partial charge in [-0.3, -0.25) is 0 Å². The zero-order valence-electron chi connectivity index (χ0n) is 9.01. The minimum atomic E-state index is 0.326. The predicted molar refractivity (Wildman–Crippen MR) is 67.3 cm³/mol. The minimum Gasteiger partial charge on any atom is -0.507 e. The van der Waals surface area contributed by atoms with E-state index in [1.54, 1.807) is 6.07 Å². The third kappa shape index (κ3) is 2.74. The molecule has 0 radical (unpaired) electrons. The van der Waals surface area contributed by atoms with E-state index in [4.69, 9.17) is 0 Å². The molecule has 16 heavy (non-hydrogen) atoms. The van der Waals surface area contributed by atoms with Crippen molar-refractivity contribution in [2.45, 2.75) is 6.42 Å². The maximum Gasteiger partial charge on any atom is 0.122 e. The summed E-state index contributed by atoms with van der Waals surface area (Å²) >= 11 is 0. The summed E-state index contributed by atoms with van der Waals surface area (Å²) in [6.45, 7) is 0. The summed E-state index contributed by atoms with van der Waals surface area (Å²) in [7, 11) is 0. The SMILES string of the molecule is Oc1ccccc1/C=C\Cc1ccccc1. The maximum atomic E-state index is 9.56. The molecule has 0 aromatic heterocycles. The molecule has 0 aliphatic rings. The number of phenolic OH excluding ortho intramolecular Hbond substituents is 1. The van der Waals surface area contributed by atoms with Crippen LogP contribution in [-0.2, 0) is 6.42 Å². The molecule has 0 aliphatic heterocycles. The fourth-order valence-electron chi connectivity index (χ4n) is 1.56. The van der Waals surface area contributed by atoms with E-state index in [1.807, 2.05) is 42.5 Å². The molecule has 0 spiro atoms. The summed E-state index contributed by atoms with van der Waals surface area (Å²) < 4.78 is 0. The van der Waals surface area contributed by atoms with Crippen LogP contribution in [0.25, 0.3) is 6.08 Å². The van der Waals surface area contributed by atoms with Crippen molar-refractivity contribution in [2.24, 2.45) is 0 Å². The number of phenols is 1. The van der Waals surface area contributed by atoms with E-state index >= 15 is 0 Å². The molecule has 1 N–H and O–H groups in total. The zero-order chi connectivity index (χ0) is 11.2. The lowest BCUT2D eigenvalue weighted by Crippen LogP contribution is -1.79. The quantitative estimate of drug-likeness (QED) is 0.819. The van der Waals surface area contributed by atoms with Gasteiger partial charge in [0.25, 0.3) is 0 Å². The molecule has 1 heteroatoms. The summed E-state index contributed by atoms with van der Waals surface area (Å²) in [4.78, 5) is 0. The number of hydrogen-bond acceptors (Lipinski definition) is 1. The Hall–Kier alpha value is -2.02. The smallest absolute Gasteiger partial charge is 0.122 e. The van der Waals surface area contributed by atoms with Crippen LogP contribution in [0, 0.1) is 0 Å². The molecular formula is C15H14O. The topological polar surface area (TPSA) is 20.2 Å². The highest BCUT2D eigenvalue weighted by atomic mass is 16.3. The third-order valence-corrected chi connectivity index (χ3v) is 2.43. The fourth-order valence-corrected chi connectivity index (χ4v) is 1.56. The number of hydrogen-bond donors (Lipinski definition) is 1. The first-order valence-corrected chi connectivity index (χ1v) is 5.35. The van der Waals surface area contributed by atoms with Crippen LogP contribution >= 0.6 is 0 Å². The molecular weight excluding hydrogens is 196 g/mol. The van der Waals surface area contributed by atoms with E-state index < -0.39 is 0 Å². The Bertz CT molecular complexity index is 472. The van der Waals surface area contributed by atoms with Gasteiger partial charge in [-0.15, -0.1) is 0 Å². The second-order valence-corrected chi connectivity index (χ2v) is 3.65. The molecule has 0 amide bonds. The Morgan fingerprint density at radius 2 is 1.56 bits per heavy atom. The Kier molecular flexibility index (Phi) is 3.39. The number of rotatable bonds is 3. The van der Waals surface area contributed by atoms with E-state index in [-0.39, 0.29) is 0 Å². The minimum absolute atomic E-state index is 0.326. The van der Waals surface area contributed by atoms with Gasteiger partial charge in [0, 0.05) is 5.56 Å². The molecule has 0 aliphatic carbocycles. The van der Waals surface area contributed by atoms with Crippen LogP contribution in [0.15, 0.2) is 60.7 Å². The standard InChI is InChI=1S/C15H14O/c16-15-12-5-4-10-14(15)11-6-9-13-7-2-1-3-8-13/h1-8,10-12,16H,9H2/b11-6-. The van der Waals surface area contributed by atoms with Crippen LogP contribution in [0.5, 0.6) is 5.75 Å². The second kappa shape index (κ2) is 5.17. The Balaban J connectivity index is 2.03. The number of allylic oxidation sites excluding steroid dienone is 1. The van der Waals surface area contributed by atoms with Crippen molar-refractivity contribution in [3.63, 3.8) is 0 Å². The number of para-hydroxylation sites is 1. The molecule has 0 unspecified atom stereocenters. The van der Waals surface area contributed by atoms with Crippen molar-refractivity contribution in [2.75, 3.05) is 0 Å². The van der Waals surface area contributed by atoms with Crippen molar-refractivity contribution in [1.82, 2.24) is 0 Å². The van der Waals surface area contributed by atoms with Gasteiger partial charge in [0.1, 0.15) is 5.75 Å². The van der Waals surface area contributed by atoms with Gasteiger partial charge < -0.3 is 5.11 Å². The van der Waals surface area contributed by atoms with E-state index in [2.05, 4.69) is 18.2 Å². The van der Waals surface area contributed by atoms with Gasteiger partial charge in [-0.25, -0.2) is 0 Å². The molecule has 2 rings (SSSR count). The highest BCUT2D eigenvalue weighted by Crippen LogP contribution is 2.17. The average Bonchev–Trinajstić information content (AvgIpc) is 2.33. The lowest BCUT2D eigenvalue weighted by molar-refractivity contribution is 0.474. The van der Waals surface area contributed by atoms with E-state index in [0.717, 1.165) is 12.0 Å². The van der Waals surface area contributed by atoms with Crippen molar-refractivity contribution in [3.05, 3.63) is 71.8 Å². The first kappa shape index (κ1) is 10.5.